The Morgan fingerprint density at radius 2 is 1.50 bits per heavy atom. The van der Waals surface area contributed by atoms with Gasteiger partial charge < -0.3 is 35.6 Å². The van der Waals surface area contributed by atoms with Gasteiger partial charge in [-0.25, -0.2) is 4.79 Å². The molecule has 8 nitrogen and oxygen atoms in total. The lowest BCUT2D eigenvalue weighted by Crippen LogP contribution is -2.64. The lowest BCUT2D eigenvalue weighted by molar-refractivity contribution is -0.222. The van der Waals surface area contributed by atoms with Crippen LogP contribution in [-0.2, 0) is 4.74 Å². The Kier molecular flexibility index (Phi) is 5.05. The van der Waals surface area contributed by atoms with E-state index in [2.05, 4.69) is 16.6 Å². The number of aliphatic hydroxyl groups is 5. The van der Waals surface area contributed by atoms with Crippen LogP contribution in [0.2, 0.25) is 0 Å². The number of carbonyl (C=O) groups excluding carboxylic acids is 1. The molecule has 0 aromatic rings. The second kappa shape index (κ2) is 6.12. The lowest BCUT2D eigenvalue weighted by atomic mass is 9.85. The van der Waals surface area contributed by atoms with Gasteiger partial charge in [0.2, 0.25) is 0 Å². The van der Waals surface area contributed by atoms with Crippen molar-refractivity contribution in [3.8, 4) is 0 Å². The van der Waals surface area contributed by atoms with Gasteiger partial charge in [0.25, 0.3) is 0 Å². The van der Waals surface area contributed by atoms with Crippen LogP contribution >= 0.6 is 0 Å². The van der Waals surface area contributed by atoms with Crippen LogP contribution < -0.4 is 5.32 Å². The predicted molar refractivity (Wildman–Crippen MR) is 58.5 cm³/mol. The topological polar surface area (TPSA) is 139 Å². The number of hydrogen-bond donors (Lipinski definition) is 6. The van der Waals surface area contributed by atoms with E-state index in [0.717, 1.165) is 0 Å². The quantitative estimate of drug-likeness (QED) is 0.300. The van der Waals surface area contributed by atoms with Crippen molar-refractivity contribution in [2.45, 2.75) is 36.6 Å². The second-order valence-corrected chi connectivity index (χ2v) is 3.99. The Hall–Kier alpha value is -1.19. The molecular formula is C10H17NO7. The highest BCUT2D eigenvalue weighted by Crippen LogP contribution is 2.23. The minimum absolute atomic E-state index is 0.117. The van der Waals surface area contributed by atoms with E-state index >= 15 is 0 Å². The Bertz CT molecular complexity index is 295. The molecule has 1 aliphatic carbocycles. The van der Waals surface area contributed by atoms with Gasteiger partial charge in [-0.15, -0.1) is 6.58 Å². The van der Waals surface area contributed by atoms with Gasteiger partial charge in [-0.3, -0.25) is 0 Å². The Labute approximate surface area is 103 Å². The van der Waals surface area contributed by atoms with Crippen LogP contribution in [0.3, 0.4) is 0 Å². The maximum atomic E-state index is 11.2. The SMILES string of the molecule is C=CCNC(=O)O[C@@H]1[C@@H](O)[C@H](O)[C@@H](O)[C@H](O)[C@@H]1O. The molecule has 0 radical (unpaired) electrons. The molecule has 0 aromatic heterocycles. The average molecular weight is 263 g/mol. The first-order valence-corrected chi connectivity index (χ1v) is 5.35. The molecule has 6 N–H and O–H groups in total. The molecule has 0 spiro atoms. The highest BCUT2D eigenvalue weighted by molar-refractivity contribution is 5.67. The van der Waals surface area contributed by atoms with Crippen LogP contribution in [0.5, 0.6) is 0 Å². The number of alkyl carbamates (subject to hydrolysis) is 1. The molecule has 0 saturated heterocycles. The maximum absolute atomic E-state index is 11.2. The molecule has 0 bridgehead atoms. The molecule has 1 rings (SSSR count). The van der Waals surface area contributed by atoms with Crippen LogP contribution in [0.15, 0.2) is 12.7 Å². The Balaban J connectivity index is 2.68. The fourth-order valence-electron chi connectivity index (χ4n) is 1.66. The van der Waals surface area contributed by atoms with Crippen LogP contribution in [0.4, 0.5) is 4.79 Å². The van der Waals surface area contributed by atoms with E-state index in [1.807, 2.05) is 0 Å². The zero-order valence-corrected chi connectivity index (χ0v) is 9.51. The van der Waals surface area contributed by atoms with Crippen molar-refractivity contribution in [1.29, 1.82) is 0 Å². The van der Waals surface area contributed by atoms with Crippen molar-refractivity contribution in [2.75, 3.05) is 6.54 Å². The predicted octanol–water partition coefficient (Wildman–Crippen LogP) is -2.91. The van der Waals surface area contributed by atoms with Crippen LogP contribution in [0.1, 0.15) is 0 Å². The highest BCUT2D eigenvalue weighted by Gasteiger charge is 2.50. The molecule has 0 aromatic carbocycles. The molecule has 1 saturated carbocycles. The van der Waals surface area contributed by atoms with E-state index in [4.69, 9.17) is 0 Å². The van der Waals surface area contributed by atoms with Gasteiger partial charge >= 0.3 is 6.09 Å². The number of aliphatic hydroxyl groups excluding tert-OH is 5. The van der Waals surface area contributed by atoms with Crippen molar-refractivity contribution in [2.24, 2.45) is 0 Å². The van der Waals surface area contributed by atoms with Crippen molar-refractivity contribution >= 4 is 6.09 Å². The summed E-state index contributed by atoms with van der Waals surface area (Å²) in [5.74, 6) is 0. The van der Waals surface area contributed by atoms with Crippen molar-refractivity contribution in [1.82, 2.24) is 5.32 Å². The summed E-state index contributed by atoms with van der Waals surface area (Å²) in [6.45, 7) is 3.48. The summed E-state index contributed by atoms with van der Waals surface area (Å²) >= 11 is 0. The van der Waals surface area contributed by atoms with E-state index in [9.17, 15) is 30.3 Å². The first kappa shape index (κ1) is 14.9. The number of nitrogens with one attached hydrogen (secondary N) is 1. The zero-order valence-electron chi connectivity index (χ0n) is 9.51. The second-order valence-electron chi connectivity index (χ2n) is 3.99. The third-order valence-electron chi connectivity index (χ3n) is 2.71. The van der Waals surface area contributed by atoms with Gasteiger partial charge in [-0.05, 0) is 0 Å². The molecule has 6 atom stereocenters. The average Bonchev–Trinajstić information content (AvgIpc) is 2.36. The monoisotopic (exact) mass is 263 g/mol. The normalized spacial score (nSPS) is 40.1. The molecular weight excluding hydrogens is 246 g/mol. The molecule has 1 fully saturated rings. The van der Waals surface area contributed by atoms with E-state index < -0.39 is 42.7 Å². The minimum atomic E-state index is -1.72. The van der Waals surface area contributed by atoms with Gasteiger partial charge in [0.1, 0.15) is 30.5 Å². The molecule has 1 aliphatic rings. The number of carbonyl (C=O) groups is 1. The third-order valence-corrected chi connectivity index (χ3v) is 2.71. The van der Waals surface area contributed by atoms with Crippen LogP contribution in [0, 0.1) is 0 Å². The molecule has 104 valence electrons. The largest absolute Gasteiger partial charge is 0.440 e. The van der Waals surface area contributed by atoms with E-state index in [1.54, 1.807) is 0 Å². The molecule has 1 amide bonds. The van der Waals surface area contributed by atoms with Crippen molar-refractivity contribution in [3.63, 3.8) is 0 Å². The highest BCUT2D eigenvalue weighted by atomic mass is 16.6. The zero-order chi connectivity index (χ0) is 13.9. The first-order chi connectivity index (χ1) is 8.40. The number of rotatable bonds is 3. The summed E-state index contributed by atoms with van der Waals surface area (Å²) in [5.41, 5.74) is 0. The van der Waals surface area contributed by atoms with Gasteiger partial charge in [0, 0.05) is 6.54 Å². The standard InChI is InChI=1S/C10H17NO7/c1-2-3-11-10(17)18-9-7(15)5(13)4(12)6(14)8(9)16/h2,4-9,12-16H,1,3H2,(H,11,17)/t4-,5-,6+,7-,8-,9-/m0/s1. The van der Waals surface area contributed by atoms with E-state index in [0.29, 0.717) is 0 Å². The molecule has 8 heteroatoms. The summed E-state index contributed by atoms with van der Waals surface area (Å²) in [6, 6.07) is 0. The van der Waals surface area contributed by atoms with E-state index in [1.165, 1.54) is 6.08 Å². The summed E-state index contributed by atoms with van der Waals surface area (Å²) < 4.78 is 4.68. The van der Waals surface area contributed by atoms with Gasteiger partial charge in [0.15, 0.2) is 6.10 Å². The fraction of sp³-hybridized carbons (Fsp3) is 0.700. The van der Waals surface area contributed by atoms with Crippen molar-refractivity contribution in [3.05, 3.63) is 12.7 Å². The maximum Gasteiger partial charge on any atom is 0.407 e. The smallest absolute Gasteiger partial charge is 0.407 e. The third kappa shape index (κ3) is 2.98. The number of ether oxygens (including phenoxy) is 1. The number of hydrogen-bond acceptors (Lipinski definition) is 7. The van der Waals surface area contributed by atoms with Crippen LogP contribution in [0.25, 0.3) is 0 Å². The molecule has 18 heavy (non-hydrogen) atoms. The molecule has 0 unspecified atom stereocenters. The van der Waals surface area contributed by atoms with Crippen molar-refractivity contribution < 1.29 is 35.1 Å². The Morgan fingerprint density at radius 1 is 1.06 bits per heavy atom. The van der Waals surface area contributed by atoms with Gasteiger partial charge in [-0.1, -0.05) is 6.08 Å². The lowest BCUT2D eigenvalue weighted by Gasteiger charge is -2.40. The molecule has 0 aliphatic heterocycles. The summed E-state index contributed by atoms with van der Waals surface area (Å²) in [4.78, 5) is 11.2. The fourth-order valence-corrected chi connectivity index (χ4v) is 1.66. The van der Waals surface area contributed by atoms with Gasteiger partial charge in [-0.2, -0.15) is 0 Å². The van der Waals surface area contributed by atoms with E-state index in [-0.39, 0.29) is 6.54 Å². The summed E-state index contributed by atoms with van der Waals surface area (Å²) in [7, 11) is 0. The van der Waals surface area contributed by atoms with Crippen LogP contribution in [-0.4, -0.2) is 74.8 Å². The summed E-state index contributed by atoms with van der Waals surface area (Å²) in [6.07, 6.45) is -9.66. The Morgan fingerprint density at radius 3 is 1.94 bits per heavy atom. The summed E-state index contributed by atoms with van der Waals surface area (Å²) in [5, 5.41) is 49.4. The molecule has 0 heterocycles. The number of amides is 1. The first-order valence-electron chi connectivity index (χ1n) is 5.35. The minimum Gasteiger partial charge on any atom is -0.440 e. The van der Waals surface area contributed by atoms with Gasteiger partial charge in [0.05, 0.1) is 0 Å².